The second-order valence-corrected chi connectivity index (χ2v) is 9.95. The smallest absolute Gasteiger partial charge is 0.315 e. The van der Waals surface area contributed by atoms with Gasteiger partial charge in [-0.15, -0.1) is 10.1 Å². The summed E-state index contributed by atoms with van der Waals surface area (Å²) in [6.07, 6.45) is 1.83. The van der Waals surface area contributed by atoms with Crippen LogP contribution in [0.25, 0.3) is 0 Å². The van der Waals surface area contributed by atoms with Crippen LogP contribution in [-0.4, -0.2) is 40.3 Å². The highest BCUT2D eigenvalue weighted by Crippen LogP contribution is 2.64. The number of phenols is 2. The lowest BCUT2D eigenvalue weighted by molar-refractivity contribution is -0.757. The minimum atomic E-state index is -1.14. The molecule has 1 aromatic carbocycles. The van der Waals surface area contributed by atoms with Crippen LogP contribution in [0.15, 0.2) is 12.1 Å². The molecule has 9 heteroatoms. The molecule has 3 aliphatic carbocycles. The van der Waals surface area contributed by atoms with E-state index in [1.54, 1.807) is 13.8 Å². The summed E-state index contributed by atoms with van der Waals surface area (Å²) in [6, 6.07) is 2.92. The molecule has 0 saturated heterocycles. The first-order chi connectivity index (χ1) is 14.9. The predicted octanol–water partition coefficient (Wildman–Crippen LogP) is 3.63. The zero-order valence-corrected chi connectivity index (χ0v) is 18.9. The second-order valence-electron chi connectivity index (χ2n) is 9.95. The maximum absolute atomic E-state index is 12.6. The highest BCUT2D eigenvalue weighted by atomic mass is 16.9. The maximum atomic E-state index is 12.6. The number of carbonyl (C=O) groups is 2. The third kappa shape index (κ3) is 4.25. The van der Waals surface area contributed by atoms with Gasteiger partial charge < -0.3 is 19.8 Å². The van der Waals surface area contributed by atoms with E-state index in [9.17, 15) is 29.9 Å². The predicted molar refractivity (Wildman–Crippen MR) is 114 cm³/mol. The third-order valence-electron chi connectivity index (χ3n) is 7.35. The molecule has 3 fully saturated rings. The molecule has 3 atom stereocenters. The largest absolute Gasteiger partial charge is 0.508 e. The summed E-state index contributed by atoms with van der Waals surface area (Å²) >= 11 is 0. The van der Waals surface area contributed by atoms with E-state index in [4.69, 9.17) is 4.74 Å². The van der Waals surface area contributed by atoms with Crippen molar-refractivity contribution in [1.29, 1.82) is 0 Å². The Kier molecular flexibility index (Phi) is 6.40. The van der Waals surface area contributed by atoms with E-state index in [0.717, 1.165) is 6.42 Å². The van der Waals surface area contributed by atoms with Crippen LogP contribution in [0, 0.1) is 27.4 Å². The van der Waals surface area contributed by atoms with Crippen molar-refractivity contribution >= 4 is 11.8 Å². The van der Waals surface area contributed by atoms with E-state index in [-0.39, 0.29) is 53.7 Å². The van der Waals surface area contributed by atoms with Gasteiger partial charge in [-0.3, -0.25) is 9.59 Å². The fraction of sp³-hybridized carbons (Fsp3) is 0.652. The highest BCUT2D eigenvalue weighted by Gasteiger charge is 2.59. The van der Waals surface area contributed by atoms with Gasteiger partial charge in [0.15, 0.2) is 0 Å². The summed E-state index contributed by atoms with van der Waals surface area (Å²) in [4.78, 5) is 39.5. The number of ketones is 1. The molecule has 176 valence electrons. The number of hydrogen-bond donors (Lipinski definition) is 2. The molecule has 0 heterocycles. The Bertz CT molecular complexity index is 900. The minimum Gasteiger partial charge on any atom is -0.508 e. The SMILES string of the molecule is CC(C)(C(=O)OCCCCO[N+](=O)[O-])c1cc(O)c([C@H]2CC(=O)[C@H]3C[C@H]2C3(C)C)c(O)c1. The fourth-order valence-corrected chi connectivity index (χ4v) is 5.16. The number of carbonyl (C=O) groups excluding carboxylic acids is 2. The van der Waals surface area contributed by atoms with Gasteiger partial charge in [-0.05, 0) is 62.1 Å². The van der Waals surface area contributed by atoms with Crippen molar-refractivity contribution in [1.82, 2.24) is 0 Å². The average molecular weight is 450 g/mol. The van der Waals surface area contributed by atoms with Gasteiger partial charge >= 0.3 is 5.97 Å². The van der Waals surface area contributed by atoms with Crippen LogP contribution in [0.2, 0.25) is 0 Å². The number of nitrogens with zero attached hydrogens (tertiary/aromatic N) is 1. The van der Waals surface area contributed by atoms with Crippen LogP contribution >= 0.6 is 0 Å². The first-order valence-electron chi connectivity index (χ1n) is 10.9. The molecule has 3 saturated carbocycles. The Labute approximate surface area is 186 Å². The quantitative estimate of drug-likeness (QED) is 0.252. The van der Waals surface area contributed by atoms with E-state index in [2.05, 4.69) is 18.7 Å². The topological polar surface area (TPSA) is 136 Å². The van der Waals surface area contributed by atoms with Crippen molar-refractivity contribution in [3.63, 3.8) is 0 Å². The van der Waals surface area contributed by atoms with E-state index in [0.29, 0.717) is 30.4 Å². The molecule has 0 unspecified atom stereocenters. The molecule has 0 aromatic heterocycles. The van der Waals surface area contributed by atoms with E-state index in [1.165, 1.54) is 12.1 Å². The standard InChI is InChI=1S/C23H31NO8/c1-22(2,21(28)31-7-5-6-8-32-24(29)30)13-9-18(26)20(19(27)10-13)14-11-17(25)16-12-15(14)23(16,3)4/h9-10,14-16,26-27H,5-8,11-12H2,1-4H3/t14-,15+,16+/m0/s1. The van der Waals surface area contributed by atoms with Gasteiger partial charge in [0.25, 0.3) is 5.09 Å². The van der Waals surface area contributed by atoms with Gasteiger partial charge in [0.1, 0.15) is 17.3 Å². The number of hydrogen-bond acceptors (Lipinski definition) is 8. The lowest BCUT2D eigenvalue weighted by Crippen LogP contribution is -2.56. The Morgan fingerprint density at radius 3 is 2.34 bits per heavy atom. The molecule has 0 radical (unpaired) electrons. The number of rotatable bonds is 9. The van der Waals surface area contributed by atoms with Crippen molar-refractivity contribution in [2.24, 2.45) is 17.3 Å². The third-order valence-corrected chi connectivity index (χ3v) is 7.35. The van der Waals surface area contributed by atoms with Crippen molar-refractivity contribution in [2.75, 3.05) is 13.2 Å². The molecular formula is C23H31NO8. The number of Topliss-reactive ketones (excluding diaryl/α,β-unsaturated/α-hetero) is 1. The Morgan fingerprint density at radius 1 is 1.22 bits per heavy atom. The second kappa shape index (κ2) is 8.60. The number of benzene rings is 1. The Hall–Kier alpha value is -2.84. The van der Waals surface area contributed by atoms with Crippen molar-refractivity contribution in [3.05, 3.63) is 33.4 Å². The van der Waals surface area contributed by atoms with Gasteiger partial charge in [0, 0.05) is 23.8 Å². The lowest BCUT2D eigenvalue weighted by Gasteiger charge is -2.59. The summed E-state index contributed by atoms with van der Waals surface area (Å²) in [7, 11) is 0. The normalized spacial score (nSPS) is 23.9. The summed E-state index contributed by atoms with van der Waals surface area (Å²) in [5, 5.41) is 30.8. The summed E-state index contributed by atoms with van der Waals surface area (Å²) in [6.45, 7) is 7.37. The van der Waals surface area contributed by atoms with E-state index in [1.807, 2.05) is 0 Å². The Morgan fingerprint density at radius 2 is 1.81 bits per heavy atom. The number of unbranched alkanes of at least 4 members (excludes halogenated alkanes) is 1. The number of ether oxygens (including phenoxy) is 1. The molecule has 3 aliphatic rings. The fourth-order valence-electron chi connectivity index (χ4n) is 5.16. The molecule has 9 nitrogen and oxygen atoms in total. The van der Waals surface area contributed by atoms with Gasteiger partial charge in [-0.2, -0.15) is 0 Å². The van der Waals surface area contributed by atoms with Gasteiger partial charge in [0.2, 0.25) is 0 Å². The van der Waals surface area contributed by atoms with Crippen LogP contribution in [0.3, 0.4) is 0 Å². The van der Waals surface area contributed by atoms with Crippen LogP contribution in [0.5, 0.6) is 11.5 Å². The van der Waals surface area contributed by atoms with Crippen molar-refractivity contribution < 1.29 is 34.5 Å². The molecule has 0 aliphatic heterocycles. The zero-order chi connectivity index (χ0) is 23.8. The summed E-state index contributed by atoms with van der Waals surface area (Å²) < 4.78 is 5.29. The van der Waals surface area contributed by atoms with Crippen LogP contribution in [-0.2, 0) is 24.6 Å². The molecule has 1 aromatic rings. The first-order valence-corrected chi connectivity index (χ1v) is 10.9. The Balaban J connectivity index is 1.70. The maximum Gasteiger partial charge on any atom is 0.315 e. The van der Waals surface area contributed by atoms with Crippen LogP contribution in [0.4, 0.5) is 0 Å². The molecular weight excluding hydrogens is 418 g/mol. The van der Waals surface area contributed by atoms with Crippen LogP contribution in [0.1, 0.15) is 70.4 Å². The van der Waals surface area contributed by atoms with Crippen molar-refractivity contribution in [3.8, 4) is 11.5 Å². The average Bonchev–Trinajstić information content (AvgIpc) is 2.68. The molecule has 2 bridgehead atoms. The molecule has 0 spiro atoms. The number of phenolic OH excluding ortho intramolecular Hbond substituents is 2. The number of fused-ring (bicyclic) bond motifs is 2. The van der Waals surface area contributed by atoms with Crippen LogP contribution < -0.4 is 0 Å². The van der Waals surface area contributed by atoms with E-state index < -0.39 is 16.5 Å². The zero-order valence-electron chi connectivity index (χ0n) is 18.9. The molecule has 0 amide bonds. The van der Waals surface area contributed by atoms with Gasteiger partial charge in [-0.25, -0.2) is 0 Å². The summed E-state index contributed by atoms with van der Waals surface area (Å²) in [5.41, 5.74) is -0.543. The first kappa shape index (κ1) is 23.8. The lowest BCUT2D eigenvalue weighted by atomic mass is 9.44. The molecule has 2 N–H and O–H groups in total. The number of esters is 1. The summed E-state index contributed by atoms with van der Waals surface area (Å²) in [5.74, 6) is -0.647. The molecule has 4 rings (SSSR count). The highest BCUT2D eigenvalue weighted by molar-refractivity contribution is 5.86. The van der Waals surface area contributed by atoms with Gasteiger partial charge in [0.05, 0.1) is 18.6 Å². The van der Waals surface area contributed by atoms with E-state index >= 15 is 0 Å². The molecule has 32 heavy (non-hydrogen) atoms. The van der Waals surface area contributed by atoms with Gasteiger partial charge in [-0.1, -0.05) is 13.8 Å². The van der Waals surface area contributed by atoms with Crippen molar-refractivity contribution in [2.45, 2.75) is 64.7 Å². The monoisotopic (exact) mass is 449 g/mol. The minimum absolute atomic E-state index is 0.0483. The number of aromatic hydroxyl groups is 2.